The average Bonchev–Trinajstić information content (AvgIpc) is 2.36. The van der Waals surface area contributed by atoms with Crippen LogP contribution in [0.3, 0.4) is 0 Å². The number of carbonyl (C=O) groups excluding carboxylic acids is 1. The molecule has 0 aliphatic rings. The van der Waals surface area contributed by atoms with Gasteiger partial charge in [-0.3, -0.25) is 9.78 Å². The lowest BCUT2D eigenvalue weighted by atomic mass is 10.0. The molecule has 2 N–H and O–H groups in total. The Balaban J connectivity index is 2.83. The monoisotopic (exact) mass is 249 g/mol. The van der Waals surface area contributed by atoms with Crippen molar-refractivity contribution in [1.82, 2.24) is 10.3 Å². The largest absolute Gasteiger partial charge is 0.383 e. The van der Waals surface area contributed by atoms with Crippen molar-refractivity contribution in [3.05, 3.63) is 24.0 Å². The minimum atomic E-state index is -0.0334. The Morgan fingerprint density at radius 1 is 1.39 bits per heavy atom. The number of aromatic nitrogens is 1. The Morgan fingerprint density at radius 2 is 2.11 bits per heavy atom. The molecule has 18 heavy (non-hydrogen) atoms. The van der Waals surface area contributed by atoms with E-state index in [0.717, 1.165) is 18.7 Å². The fraction of sp³-hybridized carbons (Fsp3) is 0.571. The molecule has 1 aromatic rings. The summed E-state index contributed by atoms with van der Waals surface area (Å²) in [6.07, 6.45) is 4.27. The van der Waals surface area contributed by atoms with E-state index in [1.165, 1.54) is 0 Å². The molecule has 0 aromatic carbocycles. The van der Waals surface area contributed by atoms with Crippen molar-refractivity contribution < 1.29 is 4.79 Å². The van der Waals surface area contributed by atoms with Crippen molar-refractivity contribution in [3.8, 4) is 0 Å². The van der Waals surface area contributed by atoms with Gasteiger partial charge < -0.3 is 10.6 Å². The Hall–Kier alpha value is -1.58. The van der Waals surface area contributed by atoms with Crippen LogP contribution in [-0.4, -0.2) is 23.5 Å². The minimum absolute atomic E-state index is 0.0334. The summed E-state index contributed by atoms with van der Waals surface area (Å²) in [6, 6.07) is 1.96. The van der Waals surface area contributed by atoms with Crippen molar-refractivity contribution in [2.75, 3.05) is 11.9 Å². The van der Waals surface area contributed by atoms with E-state index in [1.54, 1.807) is 18.5 Å². The van der Waals surface area contributed by atoms with Crippen LogP contribution in [0.15, 0.2) is 18.5 Å². The van der Waals surface area contributed by atoms with E-state index < -0.39 is 0 Å². The highest BCUT2D eigenvalue weighted by Crippen LogP contribution is 2.14. The van der Waals surface area contributed by atoms with Crippen LogP contribution in [0.5, 0.6) is 0 Å². The summed E-state index contributed by atoms with van der Waals surface area (Å²) in [5.74, 6) is 0.400. The Kier molecular flexibility index (Phi) is 5.62. The van der Waals surface area contributed by atoms with Crippen molar-refractivity contribution in [3.63, 3.8) is 0 Å². The lowest BCUT2D eigenvalue weighted by molar-refractivity contribution is 0.0925. The normalized spacial score (nSPS) is 12.3. The molecule has 100 valence electrons. The number of carbonyl (C=O) groups is 1. The van der Waals surface area contributed by atoms with Gasteiger partial charge in [0.2, 0.25) is 0 Å². The lowest BCUT2D eigenvalue weighted by Crippen LogP contribution is -2.38. The SMILES string of the molecule is CCNc1cnccc1C(=O)NC(CC)C(C)C. The van der Waals surface area contributed by atoms with E-state index in [2.05, 4.69) is 36.4 Å². The number of amides is 1. The van der Waals surface area contributed by atoms with Gasteiger partial charge in [-0.1, -0.05) is 20.8 Å². The first-order valence-corrected chi connectivity index (χ1v) is 6.58. The number of nitrogens with one attached hydrogen (secondary N) is 2. The van der Waals surface area contributed by atoms with Crippen LogP contribution in [0.2, 0.25) is 0 Å². The fourth-order valence-corrected chi connectivity index (χ4v) is 1.91. The van der Waals surface area contributed by atoms with E-state index in [0.29, 0.717) is 11.5 Å². The van der Waals surface area contributed by atoms with Crippen molar-refractivity contribution in [2.45, 2.75) is 40.2 Å². The number of pyridine rings is 1. The van der Waals surface area contributed by atoms with Crippen LogP contribution < -0.4 is 10.6 Å². The Labute approximate surface area is 109 Å². The summed E-state index contributed by atoms with van der Waals surface area (Å²) >= 11 is 0. The molecule has 0 saturated carbocycles. The molecule has 1 rings (SSSR count). The lowest BCUT2D eigenvalue weighted by Gasteiger charge is -2.21. The highest BCUT2D eigenvalue weighted by molar-refractivity contribution is 5.99. The van der Waals surface area contributed by atoms with Gasteiger partial charge in [-0.25, -0.2) is 0 Å². The standard InChI is InChI=1S/C14H23N3O/c1-5-12(10(3)4)17-14(18)11-7-8-15-9-13(11)16-6-2/h7-10,12,16H,5-6H2,1-4H3,(H,17,18). The smallest absolute Gasteiger partial charge is 0.253 e. The molecule has 0 aliphatic carbocycles. The van der Waals surface area contributed by atoms with Crippen LogP contribution in [0.25, 0.3) is 0 Å². The predicted octanol–water partition coefficient (Wildman–Crippen LogP) is 2.68. The van der Waals surface area contributed by atoms with Crippen LogP contribution in [0, 0.1) is 5.92 Å². The first-order valence-electron chi connectivity index (χ1n) is 6.58. The van der Waals surface area contributed by atoms with E-state index in [9.17, 15) is 4.79 Å². The molecule has 1 heterocycles. The second kappa shape index (κ2) is 6.99. The van der Waals surface area contributed by atoms with Gasteiger partial charge in [0.25, 0.3) is 5.91 Å². The maximum atomic E-state index is 12.2. The first-order chi connectivity index (χ1) is 8.60. The number of nitrogens with zero attached hydrogens (tertiary/aromatic N) is 1. The molecular weight excluding hydrogens is 226 g/mol. The molecule has 0 spiro atoms. The summed E-state index contributed by atoms with van der Waals surface area (Å²) in [5, 5.41) is 6.23. The molecule has 1 amide bonds. The highest BCUT2D eigenvalue weighted by atomic mass is 16.1. The van der Waals surface area contributed by atoms with Crippen LogP contribution in [0.4, 0.5) is 5.69 Å². The van der Waals surface area contributed by atoms with Gasteiger partial charge in [-0.2, -0.15) is 0 Å². The summed E-state index contributed by atoms with van der Waals surface area (Å²) in [5.41, 5.74) is 1.45. The topological polar surface area (TPSA) is 54.0 Å². The third kappa shape index (κ3) is 3.72. The third-order valence-electron chi connectivity index (χ3n) is 2.99. The van der Waals surface area contributed by atoms with E-state index in [4.69, 9.17) is 0 Å². The Morgan fingerprint density at radius 3 is 2.67 bits per heavy atom. The van der Waals surface area contributed by atoms with Crippen molar-refractivity contribution in [1.29, 1.82) is 0 Å². The summed E-state index contributed by atoms with van der Waals surface area (Å²) in [4.78, 5) is 16.3. The molecule has 0 fully saturated rings. The van der Waals surface area contributed by atoms with Gasteiger partial charge >= 0.3 is 0 Å². The maximum Gasteiger partial charge on any atom is 0.253 e. The second-order valence-electron chi connectivity index (χ2n) is 4.68. The average molecular weight is 249 g/mol. The molecule has 4 nitrogen and oxygen atoms in total. The zero-order valence-electron chi connectivity index (χ0n) is 11.7. The number of hydrogen-bond acceptors (Lipinski definition) is 3. The molecular formula is C14H23N3O. The molecule has 1 unspecified atom stereocenters. The molecule has 0 aliphatic heterocycles. The molecule has 1 atom stereocenters. The van der Waals surface area contributed by atoms with E-state index in [-0.39, 0.29) is 11.9 Å². The number of anilines is 1. The predicted molar refractivity (Wildman–Crippen MR) is 74.8 cm³/mol. The molecule has 0 bridgehead atoms. The summed E-state index contributed by atoms with van der Waals surface area (Å²) in [7, 11) is 0. The second-order valence-corrected chi connectivity index (χ2v) is 4.68. The number of hydrogen-bond donors (Lipinski definition) is 2. The molecule has 0 radical (unpaired) electrons. The van der Waals surface area contributed by atoms with Gasteiger partial charge in [0.15, 0.2) is 0 Å². The minimum Gasteiger partial charge on any atom is -0.383 e. The van der Waals surface area contributed by atoms with Gasteiger partial charge in [0, 0.05) is 18.8 Å². The third-order valence-corrected chi connectivity index (χ3v) is 2.99. The Bertz CT molecular complexity index is 390. The zero-order chi connectivity index (χ0) is 13.5. The van der Waals surface area contributed by atoms with E-state index in [1.807, 2.05) is 6.92 Å². The zero-order valence-corrected chi connectivity index (χ0v) is 11.7. The van der Waals surface area contributed by atoms with Gasteiger partial charge in [-0.05, 0) is 25.3 Å². The van der Waals surface area contributed by atoms with Crippen molar-refractivity contribution in [2.24, 2.45) is 5.92 Å². The highest BCUT2D eigenvalue weighted by Gasteiger charge is 2.17. The molecule has 1 aromatic heterocycles. The quantitative estimate of drug-likeness (QED) is 0.815. The van der Waals surface area contributed by atoms with Gasteiger partial charge in [0.1, 0.15) is 0 Å². The van der Waals surface area contributed by atoms with Gasteiger partial charge in [0.05, 0.1) is 17.4 Å². The summed E-state index contributed by atoms with van der Waals surface area (Å²) in [6.45, 7) is 9.09. The van der Waals surface area contributed by atoms with E-state index >= 15 is 0 Å². The maximum absolute atomic E-state index is 12.2. The van der Waals surface area contributed by atoms with Crippen molar-refractivity contribution >= 4 is 11.6 Å². The number of rotatable bonds is 6. The molecule has 0 saturated heterocycles. The summed E-state index contributed by atoms with van der Waals surface area (Å²) < 4.78 is 0. The van der Waals surface area contributed by atoms with Gasteiger partial charge in [-0.15, -0.1) is 0 Å². The van der Waals surface area contributed by atoms with Crippen LogP contribution >= 0.6 is 0 Å². The fourth-order valence-electron chi connectivity index (χ4n) is 1.91. The van der Waals surface area contributed by atoms with Crippen LogP contribution in [0.1, 0.15) is 44.5 Å². The van der Waals surface area contributed by atoms with Crippen LogP contribution in [-0.2, 0) is 0 Å². The molecule has 4 heteroatoms. The first kappa shape index (κ1) is 14.5.